The maximum Gasteiger partial charge on any atom is 0.333 e. The Morgan fingerprint density at radius 1 is 1.31 bits per heavy atom. The SMILES string of the molecule is Cc1ccc(N(C)C(=O)n2ccnc2)cc1. The van der Waals surface area contributed by atoms with E-state index in [2.05, 4.69) is 4.98 Å². The van der Waals surface area contributed by atoms with Crippen molar-refractivity contribution >= 4 is 11.7 Å². The minimum absolute atomic E-state index is 0.124. The maximum absolute atomic E-state index is 11.9. The molecule has 0 aliphatic heterocycles. The number of amides is 1. The van der Waals surface area contributed by atoms with Crippen LogP contribution in [0.4, 0.5) is 10.5 Å². The Labute approximate surface area is 94.1 Å². The molecule has 0 unspecified atom stereocenters. The van der Waals surface area contributed by atoms with E-state index < -0.39 is 0 Å². The van der Waals surface area contributed by atoms with E-state index in [9.17, 15) is 4.79 Å². The number of carbonyl (C=O) groups excluding carboxylic acids is 1. The number of hydrogen-bond donors (Lipinski definition) is 0. The first kappa shape index (κ1) is 10.4. The number of anilines is 1. The van der Waals surface area contributed by atoms with E-state index >= 15 is 0 Å². The van der Waals surface area contributed by atoms with Gasteiger partial charge in [0.2, 0.25) is 0 Å². The van der Waals surface area contributed by atoms with E-state index in [4.69, 9.17) is 0 Å². The largest absolute Gasteiger partial charge is 0.333 e. The van der Waals surface area contributed by atoms with Gasteiger partial charge in [-0.15, -0.1) is 0 Å². The predicted molar refractivity (Wildman–Crippen MR) is 62.6 cm³/mol. The van der Waals surface area contributed by atoms with Crippen LogP contribution in [0.1, 0.15) is 5.56 Å². The van der Waals surface area contributed by atoms with Crippen molar-refractivity contribution in [2.75, 3.05) is 11.9 Å². The summed E-state index contributed by atoms with van der Waals surface area (Å²) in [5.41, 5.74) is 2.04. The molecule has 0 N–H and O–H groups in total. The summed E-state index contributed by atoms with van der Waals surface area (Å²) in [6.45, 7) is 2.02. The van der Waals surface area contributed by atoms with Gasteiger partial charge in [-0.1, -0.05) is 17.7 Å². The molecule has 1 aromatic heterocycles. The second-order valence-corrected chi connectivity index (χ2v) is 3.65. The first-order valence-corrected chi connectivity index (χ1v) is 5.01. The molecule has 0 saturated heterocycles. The maximum atomic E-state index is 11.9. The molecule has 1 aromatic carbocycles. The molecule has 0 radical (unpaired) electrons. The first-order valence-electron chi connectivity index (χ1n) is 5.01. The highest BCUT2D eigenvalue weighted by atomic mass is 16.2. The van der Waals surface area contributed by atoms with Crippen LogP contribution in [0.25, 0.3) is 0 Å². The lowest BCUT2D eigenvalue weighted by Gasteiger charge is -2.17. The van der Waals surface area contributed by atoms with Gasteiger partial charge in [0, 0.05) is 25.1 Å². The van der Waals surface area contributed by atoms with Crippen LogP contribution in [-0.2, 0) is 0 Å². The van der Waals surface area contributed by atoms with E-state index in [1.165, 1.54) is 16.5 Å². The van der Waals surface area contributed by atoms with Crippen molar-refractivity contribution in [3.8, 4) is 0 Å². The summed E-state index contributed by atoms with van der Waals surface area (Å²) in [5, 5.41) is 0. The molecule has 2 aromatic rings. The molecule has 2 rings (SSSR count). The summed E-state index contributed by atoms with van der Waals surface area (Å²) in [4.78, 5) is 17.4. The number of benzene rings is 1. The van der Waals surface area contributed by atoms with Gasteiger partial charge in [0.1, 0.15) is 6.33 Å². The van der Waals surface area contributed by atoms with Crippen LogP contribution in [0.5, 0.6) is 0 Å². The zero-order valence-electron chi connectivity index (χ0n) is 9.29. The van der Waals surface area contributed by atoms with Crippen LogP contribution in [0.2, 0.25) is 0 Å². The van der Waals surface area contributed by atoms with Crippen molar-refractivity contribution in [1.29, 1.82) is 0 Å². The van der Waals surface area contributed by atoms with Gasteiger partial charge in [-0.3, -0.25) is 9.47 Å². The standard InChI is InChI=1S/C12H13N3O/c1-10-3-5-11(6-4-10)14(2)12(16)15-8-7-13-9-15/h3-9H,1-2H3. The molecular weight excluding hydrogens is 202 g/mol. The van der Waals surface area contributed by atoms with Gasteiger partial charge in [-0.05, 0) is 19.1 Å². The summed E-state index contributed by atoms with van der Waals surface area (Å²) in [5.74, 6) is 0. The van der Waals surface area contributed by atoms with E-state index in [1.54, 1.807) is 24.3 Å². The molecule has 4 nitrogen and oxygen atoms in total. The molecule has 16 heavy (non-hydrogen) atoms. The molecule has 0 aliphatic carbocycles. The zero-order chi connectivity index (χ0) is 11.5. The minimum Gasteiger partial charge on any atom is -0.297 e. The molecule has 0 saturated carbocycles. The molecule has 82 valence electrons. The smallest absolute Gasteiger partial charge is 0.297 e. The minimum atomic E-state index is -0.124. The molecule has 0 bridgehead atoms. The number of nitrogens with zero attached hydrogens (tertiary/aromatic N) is 3. The molecule has 0 atom stereocenters. The van der Waals surface area contributed by atoms with Crippen LogP contribution in [-0.4, -0.2) is 22.6 Å². The zero-order valence-corrected chi connectivity index (χ0v) is 9.29. The summed E-state index contributed by atoms with van der Waals surface area (Å²) < 4.78 is 1.44. The summed E-state index contributed by atoms with van der Waals surface area (Å²) in [6.07, 6.45) is 4.71. The Morgan fingerprint density at radius 3 is 2.56 bits per heavy atom. The second-order valence-electron chi connectivity index (χ2n) is 3.65. The van der Waals surface area contributed by atoms with Gasteiger partial charge in [-0.2, -0.15) is 0 Å². The third-order valence-corrected chi connectivity index (χ3v) is 2.43. The van der Waals surface area contributed by atoms with E-state index in [-0.39, 0.29) is 6.03 Å². The quantitative estimate of drug-likeness (QED) is 0.732. The molecular formula is C12H13N3O. The fraction of sp³-hybridized carbons (Fsp3) is 0.167. The van der Waals surface area contributed by atoms with Gasteiger partial charge in [0.15, 0.2) is 0 Å². The van der Waals surface area contributed by atoms with Crippen molar-refractivity contribution in [3.63, 3.8) is 0 Å². The van der Waals surface area contributed by atoms with Crippen molar-refractivity contribution in [3.05, 3.63) is 48.5 Å². The highest BCUT2D eigenvalue weighted by Crippen LogP contribution is 2.14. The third-order valence-electron chi connectivity index (χ3n) is 2.43. The normalized spacial score (nSPS) is 10.1. The Kier molecular flexibility index (Phi) is 2.72. The fourth-order valence-electron chi connectivity index (χ4n) is 1.42. The first-order chi connectivity index (χ1) is 7.68. The van der Waals surface area contributed by atoms with E-state index in [1.807, 2.05) is 31.2 Å². The number of hydrogen-bond acceptors (Lipinski definition) is 2. The number of carbonyl (C=O) groups is 1. The summed E-state index contributed by atoms with van der Waals surface area (Å²) in [7, 11) is 1.74. The van der Waals surface area contributed by atoms with Crippen LogP contribution in [0.3, 0.4) is 0 Å². The molecule has 0 aliphatic rings. The lowest BCUT2D eigenvalue weighted by molar-refractivity contribution is 0.249. The Hall–Kier alpha value is -2.10. The number of rotatable bonds is 1. The summed E-state index contributed by atoms with van der Waals surface area (Å²) in [6, 6.07) is 7.68. The van der Waals surface area contributed by atoms with Crippen molar-refractivity contribution in [2.24, 2.45) is 0 Å². The van der Waals surface area contributed by atoms with Crippen molar-refractivity contribution in [1.82, 2.24) is 9.55 Å². The fourth-order valence-corrected chi connectivity index (χ4v) is 1.42. The Morgan fingerprint density at radius 2 is 2.00 bits per heavy atom. The van der Waals surface area contributed by atoms with Crippen LogP contribution in [0.15, 0.2) is 43.0 Å². The van der Waals surface area contributed by atoms with Crippen molar-refractivity contribution in [2.45, 2.75) is 6.92 Å². The van der Waals surface area contributed by atoms with Gasteiger partial charge in [-0.25, -0.2) is 9.78 Å². The Balaban J connectivity index is 2.22. The molecule has 1 amide bonds. The van der Waals surface area contributed by atoms with Crippen LogP contribution < -0.4 is 4.90 Å². The highest BCUT2D eigenvalue weighted by molar-refractivity contribution is 5.92. The number of aromatic nitrogens is 2. The van der Waals surface area contributed by atoms with Gasteiger partial charge < -0.3 is 0 Å². The highest BCUT2D eigenvalue weighted by Gasteiger charge is 2.11. The lowest BCUT2D eigenvalue weighted by Crippen LogP contribution is -2.30. The number of aryl methyl sites for hydroxylation is 1. The Bertz CT molecular complexity index is 473. The van der Waals surface area contributed by atoms with E-state index in [0.29, 0.717) is 0 Å². The van der Waals surface area contributed by atoms with Crippen LogP contribution >= 0.6 is 0 Å². The average molecular weight is 215 g/mol. The lowest BCUT2D eigenvalue weighted by atomic mass is 10.2. The van der Waals surface area contributed by atoms with Crippen molar-refractivity contribution < 1.29 is 4.79 Å². The molecule has 1 heterocycles. The second kappa shape index (κ2) is 4.18. The predicted octanol–water partition coefficient (Wildman–Crippen LogP) is 2.30. The van der Waals surface area contributed by atoms with Gasteiger partial charge in [0.25, 0.3) is 0 Å². The van der Waals surface area contributed by atoms with Gasteiger partial charge in [0.05, 0.1) is 0 Å². The third kappa shape index (κ3) is 1.95. The van der Waals surface area contributed by atoms with Crippen LogP contribution in [0, 0.1) is 6.92 Å². The number of imidazole rings is 1. The van der Waals surface area contributed by atoms with E-state index in [0.717, 1.165) is 5.69 Å². The summed E-state index contributed by atoms with van der Waals surface area (Å²) >= 11 is 0. The topological polar surface area (TPSA) is 38.1 Å². The average Bonchev–Trinajstić information content (AvgIpc) is 2.81. The van der Waals surface area contributed by atoms with Gasteiger partial charge >= 0.3 is 6.03 Å². The monoisotopic (exact) mass is 215 g/mol. The molecule has 0 fully saturated rings. The molecule has 4 heteroatoms. The molecule has 0 spiro atoms.